The smallest absolute Gasteiger partial charge is 0.339 e. The van der Waals surface area contributed by atoms with E-state index >= 15 is 0 Å². The summed E-state index contributed by atoms with van der Waals surface area (Å²) in [5.41, 5.74) is 3.65. The van der Waals surface area contributed by atoms with E-state index in [1.54, 1.807) is 11.4 Å². The minimum absolute atomic E-state index is 0.115. The van der Waals surface area contributed by atoms with Crippen LogP contribution < -0.4 is 5.32 Å². The Morgan fingerprint density at radius 3 is 2.81 bits per heavy atom. The largest absolute Gasteiger partial charge is 0.452 e. The zero-order valence-corrected chi connectivity index (χ0v) is 19.2. The van der Waals surface area contributed by atoms with Crippen molar-refractivity contribution >= 4 is 39.1 Å². The Balaban J connectivity index is 1.61. The van der Waals surface area contributed by atoms with Gasteiger partial charge in [-0.25, -0.2) is 4.79 Å². The second kappa shape index (κ2) is 8.71. The lowest BCUT2D eigenvalue weighted by Gasteiger charge is -2.35. The maximum Gasteiger partial charge on any atom is 0.339 e. The van der Waals surface area contributed by atoms with Gasteiger partial charge in [0.2, 0.25) is 0 Å². The van der Waals surface area contributed by atoms with Crippen LogP contribution in [0, 0.1) is 22.7 Å². The molecule has 4 rings (SSSR count). The lowest BCUT2D eigenvalue weighted by Crippen LogP contribution is -2.29. The van der Waals surface area contributed by atoms with Gasteiger partial charge in [0.1, 0.15) is 11.1 Å². The van der Waals surface area contributed by atoms with Crippen LogP contribution in [0.15, 0.2) is 35.7 Å². The molecule has 0 spiro atoms. The Morgan fingerprint density at radius 1 is 1.28 bits per heavy atom. The van der Waals surface area contributed by atoms with Crippen molar-refractivity contribution in [3.05, 3.63) is 58.1 Å². The number of ether oxygens (including phenoxy) is 1. The van der Waals surface area contributed by atoms with E-state index in [2.05, 4.69) is 26.1 Å². The molecule has 2 heterocycles. The molecule has 0 saturated carbocycles. The fourth-order valence-electron chi connectivity index (χ4n) is 4.22. The summed E-state index contributed by atoms with van der Waals surface area (Å²) in [5.74, 6) is -0.565. The fraction of sp³-hybridized carbons (Fsp3) is 0.360. The summed E-state index contributed by atoms with van der Waals surface area (Å²) >= 11 is 1.25. The molecule has 2 aromatic heterocycles. The predicted octanol–water partition coefficient (Wildman–Crippen LogP) is 5.11. The average Bonchev–Trinajstić information content (AvgIpc) is 3.21. The van der Waals surface area contributed by atoms with Crippen molar-refractivity contribution < 1.29 is 14.3 Å². The van der Waals surface area contributed by atoms with E-state index in [0.717, 1.165) is 41.4 Å². The van der Waals surface area contributed by atoms with Crippen molar-refractivity contribution in [2.75, 3.05) is 11.9 Å². The fourth-order valence-corrected chi connectivity index (χ4v) is 4.97. The van der Waals surface area contributed by atoms with Gasteiger partial charge in [-0.05, 0) is 53.7 Å². The molecular formula is C25H25N3O3S. The number of hydrogen-bond donors (Lipinski definition) is 1. The van der Waals surface area contributed by atoms with E-state index in [1.165, 1.54) is 11.3 Å². The molecule has 32 heavy (non-hydrogen) atoms. The molecule has 1 aliphatic carbocycles. The number of aryl methyl sites for hydroxylation is 1. The zero-order valence-electron chi connectivity index (χ0n) is 18.4. The van der Waals surface area contributed by atoms with Crippen LogP contribution in [0.4, 0.5) is 5.00 Å². The van der Waals surface area contributed by atoms with Gasteiger partial charge < -0.3 is 10.1 Å². The lowest BCUT2D eigenvalue weighted by atomic mass is 9.70. The molecule has 3 aromatic rings. The number of amides is 1. The Kier molecular flexibility index (Phi) is 5.98. The summed E-state index contributed by atoms with van der Waals surface area (Å²) in [5, 5.41) is 14.7. The first kappa shape index (κ1) is 22.0. The van der Waals surface area contributed by atoms with Gasteiger partial charge in [0, 0.05) is 11.1 Å². The number of esters is 1. The number of thiophene rings is 1. The van der Waals surface area contributed by atoms with Gasteiger partial charge in [-0.1, -0.05) is 39.0 Å². The summed E-state index contributed by atoms with van der Waals surface area (Å²) in [6.45, 7) is 6.24. The minimum Gasteiger partial charge on any atom is -0.452 e. The van der Waals surface area contributed by atoms with Crippen molar-refractivity contribution in [1.82, 2.24) is 4.98 Å². The van der Waals surface area contributed by atoms with Gasteiger partial charge in [-0.3, -0.25) is 9.78 Å². The number of carbonyl (C=O) groups is 2. The Hall–Kier alpha value is -3.24. The van der Waals surface area contributed by atoms with Crippen LogP contribution >= 0.6 is 11.3 Å². The number of fused-ring (bicyclic) bond motifs is 2. The number of para-hydroxylation sites is 1. The maximum absolute atomic E-state index is 13.2. The molecule has 0 aliphatic heterocycles. The first-order valence-electron chi connectivity index (χ1n) is 10.6. The number of hydrogen-bond acceptors (Lipinski definition) is 6. The molecule has 0 radical (unpaired) electrons. The number of pyridine rings is 1. The molecule has 1 atom stereocenters. The second-order valence-corrected chi connectivity index (χ2v) is 10.1. The van der Waals surface area contributed by atoms with Crippen LogP contribution in [-0.4, -0.2) is 23.5 Å². The van der Waals surface area contributed by atoms with E-state index in [4.69, 9.17) is 15.0 Å². The van der Waals surface area contributed by atoms with Gasteiger partial charge in [-0.15, -0.1) is 11.3 Å². The monoisotopic (exact) mass is 447 g/mol. The molecule has 1 aliphatic rings. The summed E-state index contributed by atoms with van der Waals surface area (Å²) in [6, 6.07) is 11.2. The summed E-state index contributed by atoms with van der Waals surface area (Å²) in [6.07, 6.45) is 2.60. The number of carbonyl (C=O) groups excluding carboxylic acids is 2. The SMILES string of the molecule is CC(C)(C)[C@@H]1CCc2nc3ccccc3c(C(=O)OCC(=O)Nc3sccc3C#N)c2C1. The highest BCUT2D eigenvalue weighted by atomic mass is 32.1. The standard InChI is InChI=1S/C25H25N3O3S/c1-25(2,3)16-8-9-20-18(12-16)22(17-6-4-5-7-19(17)27-20)24(30)31-14-21(29)28-23-15(13-26)10-11-32-23/h4-7,10-11,16H,8-9,12,14H2,1-3H3,(H,28,29)/t16-/m1/s1. The Labute approximate surface area is 191 Å². The number of aromatic nitrogens is 1. The van der Waals surface area contributed by atoms with E-state index in [0.29, 0.717) is 22.0 Å². The number of anilines is 1. The van der Waals surface area contributed by atoms with Crippen LogP contribution in [0.2, 0.25) is 0 Å². The molecule has 7 heteroatoms. The van der Waals surface area contributed by atoms with Gasteiger partial charge >= 0.3 is 5.97 Å². The maximum atomic E-state index is 13.2. The Bertz CT molecular complexity index is 1230. The lowest BCUT2D eigenvalue weighted by molar-refractivity contribution is -0.119. The molecule has 164 valence electrons. The normalized spacial score (nSPS) is 15.6. The second-order valence-electron chi connectivity index (χ2n) is 9.13. The first-order chi connectivity index (χ1) is 15.3. The van der Waals surface area contributed by atoms with Gasteiger partial charge in [0.05, 0.1) is 16.6 Å². The number of nitriles is 1. The summed E-state index contributed by atoms with van der Waals surface area (Å²) < 4.78 is 5.45. The first-order valence-corrected chi connectivity index (χ1v) is 11.5. The van der Waals surface area contributed by atoms with E-state index in [-0.39, 0.29) is 5.41 Å². The number of nitrogens with zero attached hydrogens (tertiary/aromatic N) is 2. The highest BCUT2D eigenvalue weighted by Crippen LogP contribution is 2.39. The third kappa shape index (κ3) is 4.37. The molecular weight excluding hydrogens is 422 g/mol. The van der Waals surface area contributed by atoms with Crippen molar-refractivity contribution in [3.8, 4) is 6.07 Å². The molecule has 0 bridgehead atoms. The van der Waals surface area contributed by atoms with Gasteiger partial charge in [-0.2, -0.15) is 5.26 Å². The number of rotatable bonds is 4. The van der Waals surface area contributed by atoms with E-state index in [9.17, 15) is 9.59 Å². The van der Waals surface area contributed by atoms with Crippen LogP contribution in [0.5, 0.6) is 0 Å². The molecule has 1 amide bonds. The van der Waals surface area contributed by atoms with E-state index in [1.807, 2.05) is 30.3 Å². The molecule has 0 unspecified atom stereocenters. The average molecular weight is 448 g/mol. The highest BCUT2D eigenvalue weighted by molar-refractivity contribution is 7.14. The van der Waals surface area contributed by atoms with Crippen molar-refractivity contribution in [2.45, 2.75) is 40.0 Å². The van der Waals surface area contributed by atoms with Crippen molar-refractivity contribution in [2.24, 2.45) is 11.3 Å². The molecule has 6 nitrogen and oxygen atoms in total. The van der Waals surface area contributed by atoms with Crippen LogP contribution in [0.3, 0.4) is 0 Å². The molecule has 0 fully saturated rings. The topological polar surface area (TPSA) is 92.1 Å². The predicted molar refractivity (Wildman–Crippen MR) is 125 cm³/mol. The van der Waals surface area contributed by atoms with Crippen LogP contribution in [0.25, 0.3) is 10.9 Å². The number of nitrogens with one attached hydrogen (secondary N) is 1. The Morgan fingerprint density at radius 2 is 2.06 bits per heavy atom. The van der Waals surface area contributed by atoms with Gasteiger partial charge in [0.25, 0.3) is 5.91 Å². The van der Waals surface area contributed by atoms with Crippen LogP contribution in [-0.2, 0) is 22.4 Å². The molecule has 0 saturated heterocycles. The minimum atomic E-state index is -0.517. The van der Waals surface area contributed by atoms with Crippen LogP contribution in [0.1, 0.15) is 54.4 Å². The molecule has 1 N–H and O–H groups in total. The molecule has 1 aromatic carbocycles. The number of benzene rings is 1. The third-order valence-electron chi connectivity index (χ3n) is 6.06. The summed E-state index contributed by atoms with van der Waals surface area (Å²) in [7, 11) is 0. The highest BCUT2D eigenvalue weighted by Gasteiger charge is 2.33. The zero-order chi connectivity index (χ0) is 22.9. The third-order valence-corrected chi connectivity index (χ3v) is 6.89. The van der Waals surface area contributed by atoms with Crippen molar-refractivity contribution in [1.29, 1.82) is 5.26 Å². The van der Waals surface area contributed by atoms with E-state index < -0.39 is 18.5 Å². The quantitative estimate of drug-likeness (QED) is 0.561. The summed E-state index contributed by atoms with van der Waals surface area (Å²) in [4.78, 5) is 30.4. The van der Waals surface area contributed by atoms with Crippen molar-refractivity contribution in [3.63, 3.8) is 0 Å². The van der Waals surface area contributed by atoms with Gasteiger partial charge in [0.15, 0.2) is 6.61 Å².